The van der Waals surface area contributed by atoms with Gasteiger partial charge in [0.2, 0.25) is 5.76 Å². The molecule has 0 spiro atoms. The molecule has 0 radical (unpaired) electrons. The van der Waals surface area contributed by atoms with E-state index in [1.165, 1.54) is 6.26 Å². The molecule has 1 amide bonds. The van der Waals surface area contributed by atoms with E-state index in [2.05, 4.69) is 15.5 Å². The maximum absolute atomic E-state index is 12.5. The summed E-state index contributed by atoms with van der Waals surface area (Å²) in [6, 6.07) is 12.5. The van der Waals surface area contributed by atoms with Crippen LogP contribution in [0.3, 0.4) is 0 Å². The molecule has 25 heavy (non-hydrogen) atoms. The summed E-state index contributed by atoms with van der Waals surface area (Å²) in [7, 11) is 0. The van der Waals surface area contributed by atoms with Gasteiger partial charge in [0.1, 0.15) is 0 Å². The second kappa shape index (κ2) is 6.37. The van der Waals surface area contributed by atoms with Crippen LogP contribution in [0.2, 0.25) is 0 Å². The maximum atomic E-state index is 12.5. The van der Waals surface area contributed by atoms with Gasteiger partial charge in [-0.3, -0.25) is 4.79 Å². The Balaban J connectivity index is 1.60. The number of carbonyl (C=O) groups excluding carboxylic acids is 1. The van der Waals surface area contributed by atoms with E-state index in [1.54, 1.807) is 29.5 Å². The molecule has 0 aliphatic heterocycles. The van der Waals surface area contributed by atoms with Crippen LogP contribution in [-0.2, 0) is 0 Å². The summed E-state index contributed by atoms with van der Waals surface area (Å²) in [6.45, 7) is 1.95. The number of hydrogen-bond donors (Lipinski definition) is 1. The number of thiazole rings is 1. The average molecular weight is 351 g/mol. The summed E-state index contributed by atoms with van der Waals surface area (Å²) in [6.07, 6.45) is 1.53. The number of rotatable bonds is 4. The highest BCUT2D eigenvalue weighted by Gasteiger charge is 2.17. The molecule has 0 fully saturated rings. The first kappa shape index (κ1) is 15.3. The van der Waals surface area contributed by atoms with E-state index < -0.39 is 0 Å². The van der Waals surface area contributed by atoms with Crippen molar-refractivity contribution in [1.29, 1.82) is 0 Å². The highest BCUT2D eigenvalue weighted by molar-refractivity contribution is 7.09. The van der Waals surface area contributed by atoms with Crippen molar-refractivity contribution < 1.29 is 13.7 Å². The van der Waals surface area contributed by atoms with Crippen LogP contribution in [0.1, 0.15) is 15.5 Å². The molecule has 7 heteroatoms. The van der Waals surface area contributed by atoms with Crippen LogP contribution in [0, 0.1) is 6.92 Å². The van der Waals surface area contributed by atoms with E-state index in [0.29, 0.717) is 17.2 Å². The quantitative estimate of drug-likeness (QED) is 0.580. The minimum absolute atomic E-state index is 0.177. The molecule has 0 atom stereocenters. The Morgan fingerprint density at radius 1 is 1.16 bits per heavy atom. The van der Waals surface area contributed by atoms with E-state index >= 15 is 0 Å². The van der Waals surface area contributed by atoms with Crippen LogP contribution in [-0.4, -0.2) is 16.0 Å². The third kappa shape index (κ3) is 3.09. The number of furan rings is 1. The van der Waals surface area contributed by atoms with Crippen molar-refractivity contribution in [2.75, 3.05) is 5.32 Å². The molecule has 0 unspecified atom stereocenters. The minimum Gasteiger partial charge on any atom is -0.461 e. The first-order chi connectivity index (χ1) is 12.2. The predicted octanol–water partition coefficient (Wildman–Crippen LogP) is 4.62. The number of hydrogen-bond acceptors (Lipinski definition) is 6. The zero-order chi connectivity index (χ0) is 17.2. The standard InChI is InChI=1S/C18H13N3O3S/c1-11-19-15(10-25-11)12-5-2-3-6-13(12)20-18(22)14-9-17(24-21-14)16-7-4-8-23-16/h2-10H,1H3,(H,20,22). The lowest BCUT2D eigenvalue weighted by molar-refractivity contribution is 0.101. The number of carbonyl (C=O) groups is 1. The summed E-state index contributed by atoms with van der Waals surface area (Å²) in [5.74, 6) is 0.560. The molecule has 0 bridgehead atoms. The summed E-state index contributed by atoms with van der Waals surface area (Å²) in [4.78, 5) is 17.0. The van der Waals surface area contributed by atoms with E-state index in [9.17, 15) is 4.79 Å². The third-order valence-corrected chi connectivity index (χ3v) is 4.35. The van der Waals surface area contributed by atoms with Gasteiger partial charge in [-0.15, -0.1) is 11.3 Å². The molecular formula is C18H13N3O3S. The Morgan fingerprint density at radius 3 is 2.80 bits per heavy atom. The third-order valence-electron chi connectivity index (χ3n) is 3.58. The fraction of sp³-hybridized carbons (Fsp3) is 0.0556. The predicted molar refractivity (Wildman–Crippen MR) is 94.4 cm³/mol. The van der Waals surface area contributed by atoms with Crippen molar-refractivity contribution in [3.63, 3.8) is 0 Å². The number of benzene rings is 1. The second-order valence-electron chi connectivity index (χ2n) is 5.31. The largest absolute Gasteiger partial charge is 0.461 e. The molecule has 3 heterocycles. The minimum atomic E-state index is -0.360. The van der Waals surface area contributed by atoms with Gasteiger partial charge >= 0.3 is 0 Å². The number of nitrogens with zero attached hydrogens (tertiary/aromatic N) is 2. The van der Waals surface area contributed by atoms with Crippen molar-refractivity contribution in [3.8, 4) is 22.8 Å². The summed E-state index contributed by atoms with van der Waals surface area (Å²) in [5, 5.41) is 9.61. The summed E-state index contributed by atoms with van der Waals surface area (Å²) < 4.78 is 10.4. The molecule has 1 aromatic carbocycles. The molecular weight excluding hydrogens is 338 g/mol. The fourth-order valence-electron chi connectivity index (χ4n) is 2.41. The monoisotopic (exact) mass is 351 g/mol. The average Bonchev–Trinajstić information content (AvgIpc) is 3.36. The van der Waals surface area contributed by atoms with Crippen molar-refractivity contribution >= 4 is 22.9 Å². The first-order valence-electron chi connectivity index (χ1n) is 7.54. The van der Waals surface area contributed by atoms with Crippen LogP contribution >= 0.6 is 11.3 Å². The molecule has 3 aromatic heterocycles. The molecule has 1 N–H and O–H groups in total. The number of amides is 1. The molecule has 0 aliphatic rings. The number of nitrogens with one attached hydrogen (secondary N) is 1. The Kier molecular flexibility index (Phi) is 3.91. The van der Waals surface area contributed by atoms with Gasteiger partial charge in [-0.1, -0.05) is 23.4 Å². The lowest BCUT2D eigenvalue weighted by Crippen LogP contribution is -2.12. The van der Waals surface area contributed by atoms with Crippen LogP contribution in [0.4, 0.5) is 5.69 Å². The highest BCUT2D eigenvalue weighted by Crippen LogP contribution is 2.29. The van der Waals surface area contributed by atoms with Crippen molar-refractivity contribution in [2.24, 2.45) is 0 Å². The number of aromatic nitrogens is 2. The topological polar surface area (TPSA) is 81.2 Å². The normalized spacial score (nSPS) is 10.8. The van der Waals surface area contributed by atoms with Gasteiger partial charge in [0, 0.05) is 17.0 Å². The van der Waals surface area contributed by atoms with Crippen molar-refractivity contribution in [2.45, 2.75) is 6.92 Å². The van der Waals surface area contributed by atoms with Gasteiger partial charge in [0.15, 0.2) is 11.5 Å². The molecule has 4 aromatic rings. The Bertz CT molecular complexity index is 1020. The Hall–Kier alpha value is -3.19. The van der Waals surface area contributed by atoms with E-state index in [0.717, 1.165) is 16.3 Å². The van der Waals surface area contributed by atoms with E-state index in [-0.39, 0.29) is 11.6 Å². The molecule has 124 valence electrons. The fourth-order valence-corrected chi connectivity index (χ4v) is 3.02. The summed E-state index contributed by atoms with van der Waals surface area (Å²) in [5.41, 5.74) is 2.53. The number of anilines is 1. The Morgan fingerprint density at radius 2 is 2.04 bits per heavy atom. The van der Waals surface area contributed by atoms with Crippen LogP contribution < -0.4 is 5.32 Å². The lowest BCUT2D eigenvalue weighted by atomic mass is 10.1. The van der Waals surface area contributed by atoms with Crippen molar-refractivity contribution in [1.82, 2.24) is 10.1 Å². The molecule has 4 rings (SSSR count). The van der Waals surface area contributed by atoms with Gasteiger partial charge in [-0.25, -0.2) is 4.98 Å². The maximum Gasteiger partial charge on any atom is 0.277 e. The zero-order valence-electron chi connectivity index (χ0n) is 13.2. The number of para-hydroxylation sites is 1. The molecule has 6 nitrogen and oxygen atoms in total. The van der Waals surface area contributed by atoms with Gasteiger partial charge < -0.3 is 14.3 Å². The molecule has 0 saturated carbocycles. The van der Waals surface area contributed by atoms with Gasteiger partial charge in [0.25, 0.3) is 5.91 Å². The van der Waals surface area contributed by atoms with Gasteiger partial charge in [-0.05, 0) is 25.1 Å². The van der Waals surface area contributed by atoms with Crippen LogP contribution in [0.25, 0.3) is 22.8 Å². The molecule has 0 aliphatic carbocycles. The smallest absolute Gasteiger partial charge is 0.277 e. The van der Waals surface area contributed by atoms with E-state index in [1.807, 2.05) is 36.6 Å². The second-order valence-corrected chi connectivity index (χ2v) is 6.37. The van der Waals surface area contributed by atoms with E-state index in [4.69, 9.17) is 8.94 Å². The zero-order valence-corrected chi connectivity index (χ0v) is 14.0. The van der Waals surface area contributed by atoms with Crippen molar-refractivity contribution in [3.05, 3.63) is 64.8 Å². The Labute approximate surface area is 147 Å². The van der Waals surface area contributed by atoms with Gasteiger partial charge in [-0.2, -0.15) is 0 Å². The molecule has 0 saturated heterocycles. The highest BCUT2D eigenvalue weighted by atomic mass is 32.1. The number of aryl methyl sites for hydroxylation is 1. The SMILES string of the molecule is Cc1nc(-c2ccccc2NC(=O)c2cc(-c3ccco3)on2)cs1. The first-order valence-corrected chi connectivity index (χ1v) is 8.42. The van der Waals surface area contributed by atoms with Crippen LogP contribution in [0.15, 0.2) is 63.0 Å². The lowest BCUT2D eigenvalue weighted by Gasteiger charge is -2.08. The van der Waals surface area contributed by atoms with Crippen LogP contribution in [0.5, 0.6) is 0 Å². The summed E-state index contributed by atoms with van der Waals surface area (Å²) >= 11 is 1.56. The van der Waals surface area contributed by atoms with Gasteiger partial charge in [0.05, 0.1) is 22.7 Å².